The molecule has 5 heteroatoms. The van der Waals surface area contributed by atoms with Crippen molar-refractivity contribution in [1.82, 2.24) is 9.36 Å². The van der Waals surface area contributed by atoms with Crippen LogP contribution in [-0.4, -0.2) is 21.3 Å². The first-order valence-corrected chi connectivity index (χ1v) is 5.14. The van der Waals surface area contributed by atoms with Gasteiger partial charge in [-0.25, -0.2) is 4.98 Å². The van der Waals surface area contributed by atoms with Gasteiger partial charge in [0.1, 0.15) is 6.33 Å². The van der Waals surface area contributed by atoms with Crippen LogP contribution in [0.3, 0.4) is 0 Å². The number of hydrogen-bond donors (Lipinski definition) is 1. The molecular weight excluding hydrogens is 194 g/mol. The SMILES string of the molecule is CC(C)C(CCl)Nc1ncns1. The predicted molar refractivity (Wildman–Crippen MR) is 52.9 cm³/mol. The number of halogens is 1. The van der Waals surface area contributed by atoms with Gasteiger partial charge in [0.2, 0.25) is 5.13 Å². The van der Waals surface area contributed by atoms with E-state index >= 15 is 0 Å². The average molecular weight is 206 g/mol. The third-order valence-corrected chi connectivity index (χ3v) is 2.57. The van der Waals surface area contributed by atoms with Crippen LogP contribution in [0.5, 0.6) is 0 Å². The maximum absolute atomic E-state index is 5.77. The van der Waals surface area contributed by atoms with Crippen molar-refractivity contribution >= 4 is 28.3 Å². The summed E-state index contributed by atoms with van der Waals surface area (Å²) in [4.78, 5) is 4.02. The summed E-state index contributed by atoms with van der Waals surface area (Å²) in [5.74, 6) is 1.10. The lowest BCUT2D eigenvalue weighted by Crippen LogP contribution is -2.27. The van der Waals surface area contributed by atoms with Gasteiger partial charge in [0.25, 0.3) is 0 Å². The van der Waals surface area contributed by atoms with E-state index in [2.05, 4.69) is 28.5 Å². The number of hydrogen-bond acceptors (Lipinski definition) is 4. The van der Waals surface area contributed by atoms with Crippen LogP contribution >= 0.6 is 23.1 Å². The fourth-order valence-electron chi connectivity index (χ4n) is 0.779. The molecule has 0 aliphatic carbocycles. The zero-order valence-electron chi connectivity index (χ0n) is 7.12. The normalized spacial score (nSPS) is 13.3. The molecule has 0 radical (unpaired) electrons. The van der Waals surface area contributed by atoms with E-state index in [4.69, 9.17) is 11.6 Å². The van der Waals surface area contributed by atoms with Gasteiger partial charge >= 0.3 is 0 Å². The third kappa shape index (κ3) is 2.60. The molecule has 1 unspecified atom stereocenters. The first kappa shape index (κ1) is 9.74. The van der Waals surface area contributed by atoms with Crippen LogP contribution in [0, 0.1) is 5.92 Å². The van der Waals surface area contributed by atoms with Gasteiger partial charge in [-0.2, -0.15) is 4.37 Å². The smallest absolute Gasteiger partial charge is 0.202 e. The van der Waals surface area contributed by atoms with Crippen LogP contribution in [0.4, 0.5) is 5.13 Å². The van der Waals surface area contributed by atoms with E-state index in [1.807, 2.05) is 0 Å². The minimum atomic E-state index is 0.277. The van der Waals surface area contributed by atoms with Crippen LogP contribution < -0.4 is 5.32 Å². The molecule has 0 aliphatic heterocycles. The molecule has 0 amide bonds. The molecule has 1 aromatic rings. The Hall–Kier alpha value is -0.350. The van der Waals surface area contributed by atoms with Gasteiger partial charge < -0.3 is 5.32 Å². The van der Waals surface area contributed by atoms with Crippen LogP contribution in [0.15, 0.2) is 6.33 Å². The Morgan fingerprint density at radius 1 is 1.67 bits per heavy atom. The van der Waals surface area contributed by atoms with Gasteiger partial charge in [0.15, 0.2) is 0 Å². The van der Waals surface area contributed by atoms with Crippen molar-refractivity contribution in [2.75, 3.05) is 11.2 Å². The van der Waals surface area contributed by atoms with Crippen molar-refractivity contribution < 1.29 is 0 Å². The predicted octanol–water partition coefficient (Wildman–Crippen LogP) is 2.21. The van der Waals surface area contributed by atoms with Crippen molar-refractivity contribution in [3.05, 3.63) is 6.33 Å². The summed E-state index contributed by atoms with van der Waals surface area (Å²) >= 11 is 7.13. The first-order valence-electron chi connectivity index (χ1n) is 3.83. The zero-order valence-corrected chi connectivity index (χ0v) is 8.69. The summed E-state index contributed by atoms with van der Waals surface area (Å²) in [6.07, 6.45) is 1.54. The number of rotatable bonds is 4. The van der Waals surface area contributed by atoms with E-state index in [-0.39, 0.29) is 6.04 Å². The van der Waals surface area contributed by atoms with Crippen LogP contribution in [0.2, 0.25) is 0 Å². The van der Waals surface area contributed by atoms with Crippen molar-refractivity contribution in [2.45, 2.75) is 19.9 Å². The number of alkyl halides is 1. The van der Waals surface area contributed by atoms with Gasteiger partial charge in [0.05, 0.1) is 0 Å². The number of nitrogens with zero attached hydrogens (tertiary/aromatic N) is 2. The summed E-state index contributed by atoms with van der Waals surface area (Å²) < 4.78 is 3.89. The molecule has 0 spiro atoms. The number of nitrogens with one attached hydrogen (secondary N) is 1. The van der Waals surface area contributed by atoms with Crippen LogP contribution in [0.1, 0.15) is 13.8 Å². The maximum Gasteiger partial charge on any atom is 0.202 e. The molecule has 0 saturated heterocycles. The number of anilines is 1. The van der Waals surface area contributed by atoms with E-state index < -0.39 is 0 Å². The van der Waals surface area contributed by atoms with E-state index in [1.165, 1.54) is 11.5 Å². The standard InChI is InChI=1S/C7H12ClN3S/c1-5(2)6(3-8)11-7-9-4-10-12-7/h4-6H,3H2,1-2H3,(H,9,10,11). The molecule has 0 aliphatic rings. The lowest BCUT2D eigenvalue weighted by molar-refractivity contribution is 0.564. The molecule has 0 saturated carbocycles. The quantitative estimate of drug-likeness (QED) is 0.766. The molecule has 68 valence electrons. The minimum Gasteiger partial charge on any atom is -0.356 e. The largest absolute Gasteiger partial charge is 0.356 e. The Balaban J connectivity index is 2.48. The Morgan fingerprint density at radius 2 is 2.42 bits per heavy atom. The van der Waals surface area contributed by atoms with Crippen molar-refractivity contribution in [3.63, 3.8) is 0 Å². The summed E-state index contributed by atoms with van der Waals surface area (Å²) in [5, 5.41) is 4.06. The molecule has 1 aromatic heterocycles. The molecule has 3 nitrogen and oxygen atoms in total. The second-order valence-electron chi connectivity index (χ2n) is 2.90. The van der Waals surface area contributed by atoms with E-state index in [0.29, 0.717) is 11.8 Å². The highest BCUT2D eigenvalue weighted by atomic mass is 35.5. The molecule has 1 N–H and O–H groups in total. The van der Waals surface area contributed by atoms with Crippen LogP contribution in [-0.2, 0) is 0 Å². The Morgan fingerprint density at radius 3 is 2.83 bits per heavy atom. The highest BCUT2D eigenvalue weighted by Crippen LogP contribution is 2.13. The molecule has 1 atom stereocenters. The van der Waals surface area contributed by atoms with Gasteiger partial charge in [-0.1, -0.05) is 13.8 Å². The first-order chi connectivity index (χ1) is 5.74. The van der Waals surface area contributed by atoms with E-state index in [0.717, 1.165) is 5.13 Å². The highest BCUT2D eigenvalue weighted by molar-refractivity contribution is 7.09. The van der Waals surface area contributed by atoms with E-state index in [9.17, 15) is 0 Å². The lowest BCUT2D eigenvalue weighted by atomic mass is 10.1. The second kappa shape index (κ2) is 4.62. The molecule has 0 aromatic carbocycles. The maximum atomic E-state index is 5.77. The van der Waals surface area contributed by atoms with Crippen LogP contribution in [0.25, 0.3) is 0 Å². The Kier molecular flexibility index (Phi) is 3.75. The Bertz CT molecular complexity index is 212. The summed E-state index contributed by atoms with van der Waals surface area (Å²) in [6, 6.07) is 0.277. The molecule has 0 bridgehead atoms. The van der Waals surface area contributed by atoms with Crippen molar-refractivity contribution in [2.24, 2.45) is 5.92 Å². The van der Waals surface area contributed by atoms with Gasteiger partial charge in [-0.3, -0.25) is 0 Å². The van der Waals surface area contributed by atoms with Gasteiger partial charge in [0, 0.05) is 23.5 Å². The van der Waals surface area contributed by atoms with Gasteiger partial charge in [-0.15, -0.1) is 11.6 Å². The molecule has 1 heterocycles. The lowest BCUT2D eigenvalue weighted by Gasteiger charge is -2.18. The zero-order chi connectivity index (χ0) is 8.97. The fraction of sp³-hybridized carbons (Fsp3) is 0.714. The summed E-state index contributed by atoms with van der Waals surface area (Å²) in [6.45, 7) is 4.25. The molecular formula is C7H12ClN3S. The topological polar surface area (TPSA) is 37.8 Å². The Labute approximate surface area is 81.3 Å². The van der Waals surface area contributed by atoms with Gasteiger partial charge in [-0.05, 0) is 5.92 Å². The highest BCUT2D eigenvalue weighted by Gasteiger charge is 2.12. The minimum absolute atomic E-state index is 0.277. The fourth-order valence-corrected chi connectivity index (χ4v) is 1.70. The third-order valence-electron chi connectivity index (χ3n) is 1.64. The second-order valence-corrected chi connectivity index (χ2v) is 3.98. The average Bonchev–Trinajstić information content (AvgIpc) is 2.51. The molecule has 1 rings (SSSR count). The summed E-state index contributed by atoms with van der Waals surface area (Å²) in [5.41, 5.74) is 0. The summed E-state index contributed by atoms with van der Waals surface area (Å²) in [7, 11) is 0. The monoisotopic (exact) mass is 205 g/mol. The number of aromatic nitrogens is 2. The molecule has 12 heavy (non-hydrogen) atoms. The van der Waals surface area contributed by atoms with Crippen molar-refractivity contribution in [3.8, 4) is 0 Å². The van der Waals surface area contributed by atoms with Crippen molar-refractivity contribution in [1.29, 1.82) is 0 Å². The van der Waals surface area contributed by atoms with E-state index in [1.54, 1.807) is 6.33 Å². The molecule has 0 fully saturated rings.